The molecule has 0 bridgehead atoms. The summed E-state index contributed by atoms with van der Waals surface area (Å²) < 4.78 is 87.3. The fraction of sp³-hybridized carbons (Fsp3) is 0.615. The maximum atomic E-state index is 15.1. The molecule has 12 nitrogen and oxygen atoms in total. The average Bonchev–Trinajstić information content (AvgIpc) is 3.82. The van der Waals surface area contributed by atoms with Gasteiger partial charge in [0, 0.05) is 12.2 Å². The van der Waals surface area contributed by atoms with Gasteiger partial charge < -0.3 is 15.4 Å². The molecule has 2 atom stereocenters. The van der Waals surface area contributed by atoms with Gasteiger partial charge in [0.2, 0.25) is 5.91 Å². The van der Waals surface area contributed by atoms with Crippen molar-refractivity contribution in [1.29, 1.82) is 0 Å². The van der Waals surface area contributed by atoms with E-state index in [-0.39, 0.29) is 35.2 Å². The van der Waals surface area contributed by atoms with E-state index in [1.54, 1.807) is 0 Å². The molecule has 3 aromatic heterocycles. The van der Waals surface area contributed by atoms with E-state index < -0.39 is 61.5 Å². The Morgan fingerprint density at radius 3 is 2.41 bits per heavy atom. The Labute approximate surface area is 247 Å². The van der Waals surface area contributed by atoms with E-state index in [0.29, 0.717) is 4.68 Å². The van der Waals surface area contributed by atoms with Crippen molar-refractivity contribution in [2.24, 2.45) is 17.8 Å². The van der Waals surface area contributed by atoms with Gasteiger partial charge in [-0.2, -0.15) is 31.4 Å². The summed E-state index contributed by atoms with van der Waals surface area (Å²) in [5, 5.41) is 19.8. The summed E-state index contributed by atoms with van der Waals surface area (Å²) in [4.78, 5) is 27.0. The number of nitrogens with one attached hydrogen (secondary N) is 2. The van der Waals surface area contributed by atoms with E-state index in [4.69, 9.17) is 0 Å². The number of rotatable bonds is 14. The number of carbonyl (C=O) groups is 2. The van der Waals surface area contributed by atoms with E-state index >= 15 is 4.39 Å². The Morgan fingerprint density at radius 1 is 1.14 bits per heavy atom. The largest absolute Gasteiger partial charge is 0.408 e. The topological polar surface area (TPSA) is 134 Å². The maximum absolute atomic E-state index is 15.1. The zero-order chi connectivity index (χ0) is 31.8. The lowest BCUT2D eigenvalue weighted by atomic mass is 9.88. The molecule has 2 saturated carbocycles. The smallest absolute Gasteiger partial charge is 0.339 e. The summed E-state index contributed by atoms with van der Waals surface area (Å²) in [6, 6.07) is -1.17. The van der Waals surface area contributed by atoms with Crippen molar-refractivity contribution in [2.45, 2.75) is 77.0 Å². The molecule has 0 radical (unpaired) electrons. The van der Waals surface area contributed by atoms with Crippen molar-refractivity contribution in [2.75, 3.05) is 11.9 Å². The molecule has 2 fully saturated rings. The Kier molecular flexibility index (Phi) is 8.99. The van der Waals surface area contributed by atoms with Gasteiger partial charge in [0.1, 0.15) is 30.0 Å². The summed E-state index contributed by atoms with van der Waals surface area (Å²) in [7, 11) is 0. The third-order valence-corrected chi connectivity index (χ3v) is 7.64. The molecule has 3 heterocycles. The number of alkyl halides is 5. The number of halogens is 6. The Balaban J connectivity index is 1.41. The summed E-state index contributed by atoms with van der Waals surface area (Å²) >= 11 is 0. The Bertz CT molecular complexity index is 1450. The Hall–Kier alpha value is -3.96. The molecule has 2 aliphatic carbocycles. The summed E-state index contributed by atoms with van der Waals surface area (Å²) in [6.07, 6.45) is 2.10. The molecule has 44 heavy (non-hydrogen) atoms. The molecule has 2 aliphatic rings. The standard InChI is InChI=1S/C26H31F6N9O3/c1-13(2)41-17(7-8-34-41)23(42)36-21(20(14-3-4-14)15-5-6-15)24(43)35-16-10-39(37-22(16)27)19(11-44-25(28)29)18-9-33-38-40(18)12-26(30,31)32/h7-10,13-15,19-21,25H,3-6,11-12H2,1-2H3,(H,35,43)(H,36,42)/t19?,21-/m0/s1. The van der Waals surface area contributed by atoms with Crippen LogP contribution in [-0.2, 0) is 16.1 Å². The van der Waals surface area contributed by atoms with E-state index in [1.807, 2.05) is 13.8 Å². The summed E-state index contributed by atoms with van der Waals surface area (Å²) in [6.45, 7) is -2.11. The molecule has 2 amide bonds. The number of amides is 2. The number of carbonyl (C=O) groups excluding carboxylic acids is 2. The van der Waals surface area contributed by atoms with Crippen LogP contribution in [0.4, 0.5) is 32.0 Å². The number of aromatic nitrogens is 7. The Morgan fingerprint density at radius 2 is 1.82 bits per heavy atom. The fourth-order valence-corrected chi connectivity index (χ4v) is 5.45. The number of anilines is 1. The highest BCUT2D eigenvalue weighted by atomic mass is 19.4. The number of ether oxygens (including phenoxy) is 1. The third kappa shape index (κ3) is 7.39. The molecule has 0 saturated heterocycles. The van der Waals surface area contributed by atoms with E-state index in [9.17, 15) is 31.5 Å². The zero-order valence-electron chi connectivity index (χ0n) is 23.7. The lowest BCUT2D eigenvalue weighted by Crippen LogP contribution is -2.50. The summed E-state index contributed by atoms with van der Waals surface area (Å²) in [5.41, 5.74) is -0.561. The molecule has 5 rings (SSSR count). The van der Waals surface area contributed by atoms with Gasteiger partial charge in [-0.25, -0.2) is 4.68 Å². The van der Waals surface area contributed by atoms with E-state index in [2.05, 4.69) is 35.9 Å². The molecular weight excluding hydrogens is 600 g/mol. The van der Waals surface area contributed by atoms with Crippen LogP contribution < -0.4 is 10.6 Å². The van der Waals surface area contributed by atoms with Gasteiger partial charge in [-0.3, -0.25) is 19.0 Å². The van der Waals surface area contributed by atoms with Crippen molar-refractivity contribution in [3.05, 3.63) is 42.0 Å². The van der Waals surface area contributed by atoms with E-state index in [0.717, 1.165) is 42.8 Å². The predicted molar refractivity (Wildman–Crippen MR) is 140 cm³/mol. The normalized spacial score (nSPS) is 17.0. The van der Waals surface area contributed by atoms with Gasteiger partial charge in [-0.1, -0.05) is 5.21 Å². The number of nitrogens with zero attached hydrogens (tertiary/aromatic N) is 7. The van der Waals surface area contributed by atoms with E-state index in [1.165, 1.54) is 16.9 Å². The maximum Gasteiger partial charge on any atom is 0.408 e. The SMILES string of the molecule is CC(C)n1nccc1C(=O)N[C@H](C(=O)Nc1cn(C(COC(F)F)c2cnnn2CC(F)(F)F)nc1F)C(C1CC1)C1CC1. The highest BCUT2D eigenvalue weighted by Gasteiger charge is 2.48. The second-order valence-corrected chi connectivity index (χ2v) is 11.3. The lowest BCUT2D eigenvalue weighted by molar-refractivity contribution is -0.145. The minimum Gasteiger partial charge on any atom is -0.339 e. The minimum atomic E-state index is -4.73. The number of hydrogen-bond donors (Lipinski definition) is 2. The molecular formula is C26H31F6N9O3. The lowest BCUT2D eigenvalue weighted by Gasteiger charge is -2.27. The third-order valence-electron chi connectivity index (χ3n) is 7.64. The van der Waals surface area contributed by atoms with Crippen LogP contribution >= 0.6 is 0 Å². The number of hydrogen-bond acceptors (Lipinski definition) is 7. The van der Waals surface area contributed by atoms with Crippen molar-refractivity contribution in [3.63, 3.8) is 0 Å². The van der Waals surface area contributed by atoms with Crippen LogP contribution in [0.1, 0.15) is 67.8 Å². The average molecular weight is 632 g/mol. The molecule has 240 valence electrons. The first-order chi connectivity index (χ1) is 20.8. The molecule has 0 aromatic carbocycles. The molecule has 2 N–H and O–H groups in total. The molecule has 0 spiro atoms. The van der Waals surface area contributed by atoms with Crippen LogP contribution in [0.15, 0.2) is 24.7 Å². The molecule has 3 aromatic rings. The van der Waals surface area contributed by atoms with Gasteiger partial charge >= 0.3 is 12.8 Å². The zero-order valence-corrected chi connectivity index (χ0v) is 23.7. The first-order valence-electron chi connectivity index (χ1n) is 14.1. The van der Waals surface area contributed by atoms with Crippen LogP contribution in [0, 0.1) is 23.7 Å². The highest BCUT2D eigenvalue weighted by Crippen LogP contribution is 2.51. The van der Waals surface area contributed by atoms with Crippen LogP contribution in [0.3, 0.4) is 0 Å². The van der Waals surface area contributed by atoms with Gasteiger partial charge in [0.05, 0.1) is 24.7 Å². The monoisotopic (exact) mass is 631 g/mol. The predicted octanol–water partition coefficient (Wildman–Crippen LogP) is 3.96. The second kappa shape index (κ2) is 12.6. The fourth-order valence-electron chi connectivity index (χ4n) is 5.45. The molecule has 18 heteroatoms. The first-order valence-corrected chi connectivity index (χ1v) is 14.1. The van der Waals surface area contributed by atoms with Gasteiger partial charge in [-0.15, -0.1) is 10.2 Å². The van der Waals surface area contributed by atoms with Crippen LogP contribution in [0.2, 0.25) is 0 Å². The van der Waals surface area contributed by atoms with Gasteiger partial charge in [0.15, 0.2) is 0 Å². The molecule has 0 aliphatic heterocycles. The molecule has 1 unspecified atom stereocenters. The summed E-state index contributed by atoms with van der Waals surface area (Å²) in [5.74, 6) is -2.30. The first kappa shape index (κ1) is 31.5. The minimum absolute atomic E-state index is 0.134. The van der Waals surface area contributed by atoms with Crippen molar-refractivity contribution >= 4 is 17.5 Å². The van der Waals surface area contributed by atoms with Crippen LogP contribution in [-0.4, -0.2) is 71.8 Å². The van der Waals surface area contributed by atoms with Gasteiger partial charge in [-0.05, 0) is 63.4 Å². The van der Waals surface area contributed by atoms with Crippen molar-refractivity contribution in [1.82, 2.24) is 39.9 Å². The quantitative estimate of drug-likeness (QED) is 0.258. The highest BCUT2D eigenvalue weighted by molar-refractivity contribution is 6.00. The van der Waals surface area contributed by atoms with Gasteiger partial charge in [0.25, 0.3) is 11.9 Å². The van der Waals surface area contributed by atoms with Crippen molar-refractivity contribution < 1.29 is 40.7 Å². The van der Waals surface area contributed by atoms with Crippen LogP contribution in [0.25, 0.3) is 0 Å². The van der Waals surface area contributed by atoms with Crippen LogP contribution in [0.5, 0.6) is 0 Å². The second-order valence-electron chi connectivity index (χ2n) is 11.3. The van der Waals surface area contributed by atoms with Crippen molar-refractivity contribution in [3.8, 4) is 0 Å².